The Morgan fingerprint density at radius 1 is 1.12 bits per heavy atom. The molecule has 0 spiro atoms. The number of hydrogen-bond donors (Lipinski definition) is 1. The SMILES string of the molecule is COc1ccc(OC)c(/C=C2\SC(=S)N(c3ccc(O)cc3)C2=O)c1. The molecule has 0 bridgehead atoms. The molecule has 2 aromatic rings. The van der Waals surface area contributed by atoms with Crippen molar-refractivity contribution in [1.29, 1.82) is 0 Å². The number of benzene rings is 2. The van der Waals surface area contributed by atoms with Crippen molar-refractivity contribution in [3.8, 4) is 17.2 Å². The van der Waals surface area contributed by atoms with Crippen molar-refractivity contribution in [2.24, 2.45) is 0 Å². The molecule has 1 saturated heterocycles. The number of nitrogens with zero attached hydrogens (tertiary/aromatic N) is 1. The molecule has 7 heteroatoms. The molecule has 0 aliphatic carbocycles. The number of thioether (sulfide) groups is 1. The first-order valence-corrected chi connectivity index (χ1v) is 8.55. The number of carbonyl (C=O) groups excluding carboxylic acids is 1. The van der Waals surface area contributed by atoms with Crippen LogP contribution in [0.5, 0.6) is 17.2 Å². The molecular formula is C18H15NO4S2. The quantitative estimate of drug-likeness (QED) is 0.650. The summed E-state index contributed by atoms with van der Waals surface area (Å²) in [6, 6.07) is 11.7. The van der Waals surface area contributed by atoms with Crippen LogP contribution < -0.4 is 14.4 Å². The largest absolute Gasteiger partial charge is 0.508 e. The molecule has 1 amide bonds. The summed E-state index contributed by atoms with van der Waals surface area (Å²) >= 11 is 6.56. The highest BCUT2D eigenvalue weighted by Gasteiger charge is 2.33. The Hall–Kier alpha value is -2.51. The van der Waals surface area contributed by atoms with Crippen LogP contribution in [-0.2, 0) is 4.79 Å². The third-order valence-electron chi connectivity index (χ3n) is 3.63. The fourth-order valence-electron chi connectivity index (χ4n) is 2.39. The fraction of sp³-hybridized carbons (Fsp3) is 0.111. The van der Waals surface area contributed by atoms with E-state index in [0.717, 1.165) is 5.56 Å². The Kier molecular flexibility index (Phi) is 4.96. The Morgan fingerprint density at radius 3 is 2.48 bits per heavy atom. The first-order valence-electron chi connectivity index (χ1n) is 7.32. The molecule has 128 valence electrons. The van der Waals surface area contributed by atoms with Crippen molar-refractivity contribution < 1.29 is 19.4 Å². The number of phenols is 1. The van der Waals surface area contributed by atoms with E-state index in [-0.39, 0.29) is 11.7 Å². The third kappa shape index (κ3) is 3.47. The van der Waals surface area contributed by atoms with Crippen molar-refractivity contribution >= 4 is 46.0 Å². The van der Waals surface area contributed by atoms with Gasteiger partial charge in [-0.05, 0) is 48.5 Å². The van der Waals surface area contributed by atoms with Gasteiger partial charge in [-0.3, -0.25) is 9.69 Å². The molecule has 1 aliphatic rings. The van der Waals surface area contributed by atoms with Crippen LogP contribution in [0.3, 0.4) is 0 Å². The van der Waals surface area contributed by atoms with Crippen molar-refractivity contribution in [2.75, 3.05) is 19.1 Å². The van der Waals surface area contributed by atoms with Crippen LogP contribution in [0, 0.1) is 0 Å². The summed E-state index contributed by atoms with van der Waals surface area (Å²) in [5.74, 6) is 1.22. The Balaban J connectivity index is 1.97. The van der Waals surface area contributed by atoms with Gasteiger partial charge in [-0.2, -0.15) is 0 Å². The molecule has 3 rings (SSSR count). The van der Waals surface area contributed by atoms with Gasteiger partial charge in [-0.1, -0.05) is 24.0 Å². The van der Waals surface area contributed by atoms with Gasteiger partial charge in [0.1, 0.15) is 17.2 Å². The lowest BCUT2D eigenvalue weighted by molar-refractivity contribution is -0.113. The molecule has 5 nitrogen and oxygen atoms in total. The fourth-order valence-corrected chi connectivity index (χ4v) is 3.68. The number of carbonyl (C=O) groups is 1. The second-order valence-corrected chi connectivity index (χ2v) is 6.82. The summed E-state index contributed by atoms with van der Waals surface area (Å²) in [7, 11) is 3.15. The van der Waals surface area contributed by atoms with Gasteiger partial charge in [0.15, 0.2) is 4.32 Å². The summed E-state index contributed by atoms with van der Waals surface area (Å²) in [5, 5.41) is 9.41. The molecule has 1 aliphatic heterocycles. The molecule has 2 aromatic carbocycles. The lowest BCUT2D eigenvalue weighted by Gasteiger charge is -2.14. The van der Waals surface area contributed by atoms with Gasteiger partial charge in [0.05, 0.1) is 24.8 Å². The van der Waals surface area contributed by atoms with E-state index in [1.54, 1.807) is 50.6 Å². The van der Waals surface area contributed by atoms with E-state index in [0.29, 0.717) is 26.4 Å². The van der Waals surface area contributed by atoms with Gasteiger partial charge in [-0.25, -0.2) is 0 Å². The van der Waals surface area contributed by atoms with Gasteiger partial charge in [0.2, 0.25) is 0 Å². The highest BCUT2D eigenvalue weighted by atomic mass is 32.2. The zero-order chi connectivity index (χ0) is 18.0. The number of methoxy groups -OCH3 is 2. The Bertz CT molecular complexity index is 862. The molecule has 0 radical (unpaired) electrons. The maximum absolute atomic E-state index is 12.8. The number of amides is 1. The lowest BCUT2D eigenvalue weighted by atomic mass is 10.1. The van der Waals surface area contributed by atoms with Crippen LogP contribution in [-0.4, -0.2) is 29.6 Å². The van der Waals surface area contributed by atoms with Crippen molar-refractivity contribution in [2.45, 2.75) is 0 Å². The lowest BCUT2D eigenvalue weighted by Crippen LogP contribution is -2.27. The molecule has 0 aromatic heterocycles. The number of phenolic OH excluding ortho intramolecular Hbond substituents is 1. The summed E-state index contributed by atoms with van der Waals surface area (Å²) in [6.45, 7) is 0. The van der Waals surface area contributed by atoms with Crippen molar-refractivity contribution in [3.05, 3.63) is 52.9 Å². The van der Waals surface area contributed by atoms with Crippen LogP contribution in [0.15, 0.2) is 47.4 Å². The van der Waals surface area contributed by atoms with Gasteiger partial charge in [-0.15, -0.1) is 0 Å². The minimum absolute atomic E-state index is 0.130. The van der Waals surface area contributed by atoms with Crippen LogP contribution in [0.4, 0.5) is 5.69 Å². The molecule has 1 heterocycles. The van der Waals surface area contributed by atoms with Gasteiger partial charge in [0, 0.05) is 5.56 Å². The highest BCUT2D eigenvalue weighted by Crippen LogP contribution is 2.38. The number of rotatable bonds is 4. The number of thiocarbonyl (C=S) groups is 1. The number of anilines is 1. The topological polar surface area (TPSA) is 59.0 Å². The number of ether oxygens (including phenoxy) is 2. The Labute approximate surface area is 154 Å². The predicted molar refractivity (Wildman–Crippen MR) is 103 cm³/mol. The minimum atomic E-state index is -0.217. The van der Waals surface area contributed by atoms with Crippen molar-refractivity contribution in [1.82, 2.24) is 0 Å². The van der Waals surface area contributed by atoms with Crippen LogP contribution in [0.25, 0.3) is 6.08 Å². The zero-order valence-corrected chi connectivity index (χ0v) is 15.2. The normalized spacial score (nSPS) is 15.8. The molecule has 1 N–H and O–H groups in total. The van der Waals surface area contributed by atoms with E-state index in [9.17, 15) is 9.90 Å². The third-order valence-corrected chi connectivity index (χ3v) is 4.93. The van der Waals surface area contributed by atoms with Gasteiger partial charge in [0.25, 0.3) is 5.91 Å². The van der Waals surface area contributed by atoms with Crippen molar-refractivity contribution in [3.63, 3.8) is 0 Å². The first-order chi connectivity index (χ1) is 12.0. The van der Waals surface area contributed by atoms with Crippen LogP contribution in [0.2, 0.25) is 0 Å². The smallest absolute Gasteiger partial charge is 0.270 e. The summed E-state index contributed by atoms with van der Waals surface area (Å²) in [6.07, 6.45) is 1.74. The second kappa shape index (κ2) is 7.16. The molecular weight excluding hydrogens is 358 g/mol. The average molecular weight is 373 g/mol. The van der Waals surface area contributed by atoms with E-state index < -0.39 is 0 Å². The maximum atomic E-state index is 12.8. The summed E-state index contributed by atoms with van der Waals surface area (Å²) < 4.78 is 11.0. The summed E-state index contributed by atoms with van der Waals surface area (Å²) in [5.41, 5.74) is 1.34. The van der Waals surface area contributed by atoms with E-state index in [1.165, 1.54) is 28.8 Å². The van der Waals surface area contributed by atoms with E-state index in [1.807, 2.05) is 0 Å². The second-order valence-electron chi connectivity index (χ2n) is 5.14. The number of aromatic hydroxyl groups is 1. The minimum Gasteiger partial charge on any atom is -0.508 e. The van der Waals surface area contributed by atoms with Crippen LogP contribution >= 0.6 is 24.0 Å². The zero-order valence-electron chi connectivity index (χ0n) is 13.6. The maximum Gasteiger partial charge on any atom is 0.270 e. The Morgan fingerprint density at radius 2 is 1.84 bits per heavy atom. The van der Waals surface area contributed by atoms with E-state index in [2.05, 4.69) is 0 Å². The average Bonchev–Trinajstić information content (AvgIpc) is 2.89. The molecule has 0 saturated carbocycles. The summed E-state index contributed by atoms with van der Waals surface area (Å²) in [4.78, 5) is 14.7. The molecule has 1 fully saturated rings. The number of hydrogen-bond acceptors (Lipinski definition) is 6. The van der Waals surface area contributed by atoms with Crippen LogP contribution in [0.1, 0.15) is 5.56 Å². The highest BCUT2D eigenvalue weighted by molar-refractivity contribution is 8.27. The monoisotopic (exact) mass is 373 g/mol. The predicted octanol–water partition coefficient (Wildman–Crippen LogP) is 3.82. The standard InChI is InChI=1S/C18H15NO4S2/c1-22-14-7-8-15(23-2)11(9-14)10-16-17(21)19(18(24)25-16)12-3-5-13(20)6-4-12/h3-10,20H,1-2H3/b16-10-. The first kappa shape index (κ1) is 17.3. The molecule has 0 atom stereocenters. The van der Waals surface area contributed by atoms with Gasteiger partial charge >= 0.3 is 0 Å². The van der Waals surface area contributed by atoms with E-state index in [4.69, 9.17) is 21.7 Å². The molecule has 25 heavy (non-hydrogen) atoms. The van der Waals surface area contributed by atoms with E-state index >= 15 is 0 Å². The van der Waals surface area contributed by atoms with Gasteiger partial charge < -0.3 is 14.6 Å². The molecule has 0 unspecified atom stereocenters.